The molecule has 0 amide bonds. The lowest BCUT2D eigenvalue weighted by Crippen LogP contribution is -2.50. The molecule has 1 aromatic rings. The third-order valence-corrected chi connectivity index (χ3v) is 6.95. The largest absolute Gasteiger partial charge is 0.492 e. The summed E-state index contributed by atoms with van der Waals surface area (Å²) in [6, 6.07) is 0. The molecule has 0 spiro atoms. The van der Waals surface area contributed by atoms with Gasteiger partial charge in [0.05, 0.1) is 18.3 Å². The van der Waals surface area contributed by atoms with Gasteiger partial charge in [0.1, 0.15) is 5.75 Å². The summed E-state index contributed by atoms with van der Waals surface area (Å²) in [6.45, 7) is 10.5. The number of Topliss-reactive ketones (excluding diaryl/α,β-unsaturated/α-hetero) is 1. The first-order chi connectivity index (χ1) is 14.8. The molecule has 3 rings (SSSR count). The minimum Gasteiger partial charge on any atom is -0.492 e. The van der Waals surface area contributed by atoms with Crippen LogP contribution >= 0.6 is 0 Å². The third-order valence-electron chi connectivity index (χ3n) is 6.95. The van der Waals surface area contributed by atoms with Gasteiger partial charge in [-0.15, -0.1) is 0 Å². The molecule has 32 heavy (non-hydrogen) atoms. The van der Waals surface area contributed by atoms with E-state index in [2.05, 4.69) is 13.8 Å². The quantitative estimate of drug-likeness (QED) is 0.542. The van der Waals surface area contributed by atoms with Crippen LogP contribution in [0.4, 0.5) is 0 Å². The molecule has 2 aliphatic rings. The summed E-state index contributed by atoms with van der Waals surface area (Å²) in [5.41, 5.74) is -0.346. The first-order valence-corrected chi connectivity index (χ1v) is 11.2. The van der Waals surface area contributed by atoms with E-state index < -0.39 is 17.5 Å². The molecule has 2 atom stereocenters. The number of benzene rings is 1. The zero-order valence-corrected chi connectivity index (χ0v) is 20.1. The number of ether oxygens (including phenoxy) is 3. The van der Waals surface area contributed by atoms with Crippen molar-refractivity contribution >= 4 is 17.7 Å². The predicted molar refractivity (Wildman–Crippen MR) is 118 cm³/mol. The van der Waals surface area contributed by atoms with Gasteiger partial charge in [-0.1, -0.05) is 34.1 Å². The Labute approximate surface area is 189 Å². The van der Waals surface area contributed by atoms with E-state index in [4.69, 9.17) is 14.2 Å². The summed E-state index contributed by atoms with van der Waals surface area (Å²) >= 11 is 0. The van der Waals surface area contributed by atoms with Crippen LogP contribution in [0.2, 0.25) is 0 Å². The molecule has 0 radical (unpaired) electrons. The van der Waals surface area contributed by atoms with Gasteiger partial charge >= 0.3 is 11.9 Å². The number of aliphatic hydroxyl groups is 1. The molecular weight excluding hydrogens is 412 g/mol. The monoisotopic (exact) mass is 446 g/mol. The van der Waals surface area contributed by atoms with Gasteiger partial charge in [-0.3, -0.25) is 14.4 Å². The zero-order valence-electron chi connectivity index (χ0n) is 20.1. The number of esters is 2. The summed E-state index contributed by atoms with van der Waals surface area (Å²) in [7, 11) is 1.44. The highest BCUT2D eigenvalue weighted by Gasteiger charge is 2.52. The van der Waals surface area contributed by atoms with Crippen molar-refractivity contribution in [2.24, 2.45) is 11.3 Å². The molecule has 2 aliphatic carbocycles. The highest BCUT2D eigenvalue weighted by atomic mass is 16.6. The van der Waals surface area contributed by atoms with Crippen LogP contribution in [0.25, 0.3) is 0 Å². The van der Waals surface area contributed by atoms with Crippen LogP contribution in [-0.2, 0) is 16.0 Å². The Bertz CT molecular complexity index is 960. The second-order valence-electron chi connectivity index (χ2n) is 10.1. The molecular formula is C25H34O7. The normalized spacial score (nSPS) is 24.3. The summed E-state index contributed by atoms with van der Waals surface area (Å²) in [5.74, 6) is -1.33. The topological polar surface area (TPSA) is 99.1 Å². The van der Waals surface area contributed by atoms with Gasteiger partial charge in [0.2, 0.25) is 0 Å². The van der Waals surface area contributed by atoms with E-state index in [1.54, 1.807) is 0 Å². The van der Waals surface area contributed by atoms with Gasteiger partial charge in [-0.25, -0.2) is 0 Å². The number of ketones is 1. The molecule has 7 nitrogen and oxygen atoms in total. The maximum atomic E-state index is 13.7. The van der Waals surface area contributed by atoms with Crippen LogP contribution in [0.15, 0.2) is 0 Å². The number of carbonyl (C=O) groups is 3. The van der Waals surface area contributed by atoms with E-state index in [0.29, 0.717) is 17.5 Å². The number of fused-ring (bicyclic) bond motifs is 2. The van der Waals surface area contributed by atoms with Gasteiger partial charge in [0, 0.05) is 43.7 Å². The van der Waals surface area contributed by atoms with Crippen molar-refractivity contribution in [2.75, 3.05) is 7.11 Å². The fourth-order valence-corrected chi connectivity index (χ4v) is 5.64. The van der Waals surface area contributed by atoms with E-state index in [1.165, 1.54) is 21.0 Å². The Kier molecular flexibility index (Phi) is 6.44. The first kappa shape index (κ1) is 24.2. The lowest BCUT2D eigenvalue weighted by molar-refractivity contribution is -0.133. The van der Waals surface area contributed by atoms with Crippen LogP contribution in [0.1, 0.15) is 94.6 Å². The molecule has 0 bridgehead atoms. The fourth-order valence-electron chi connectivity index (χ4n) is 5.64. The number of hydrogen-bond acceptors (Lipinski definition) is 7. The highest BCUT2D eigenvalue weighted by molar-refractivity contribution is 6.03. The molecule has 1 N–H and O–H groups in total. The van der Waals surface area contributed by atoms with Gasteiger partial charge in [0.15, 0.2) is 17.3 Å². The van der Waals surface area contributed by atoms with Crippen molar-refractivity contribution in [1.82, 2.24) is 0 Å². The smallest absolute Gasteiger partial charge is 0.308 e. The molecule has 1 fully saturated rings. The van der Waals surface area contributed by atoms with E-state index in [0.717, 1.165) is 12.8 Å². The van der Waals surface area contributed by atoms with E-state index in [9.17, 15) is 19.5 Å². The average molecular weight is 447 g/mol. The summed E-state index contributed by atoms with van der Waals surface area (Å²) in [6.07, 6.45) is 2.48. The van der Waals surface area contributed by atoms with Crippen molar-refractivity contribution in [2.45, 2.75) is 85.2 Å². The highest BCUT2D eigenvalue weighted by Crippen LogP contribution is 2.56. The van der Waals surface area contributed by atoms with Crippen LogP contribution in [0, 0.1) is 11.3 Å². The minimum absolute atomic E-state index is 0.105. The minimum atomic E-state index is -1.16. The Morgan fingerprint density at radius 2 is 1.62 bits per heavy atom. The molecule has 0 unspecified atom stereocenters. The molecule has 176 valence electrons. The second kappa shape index (κ2) is 8.50. The molecule has 0 aliphatic heterocycles. The van der Waals surface area contributed by atoms with Gasteiger partial charge in [-0.2, -0.15) is 0 Å². The van der Waals surface area contributed by atoms with Gasteiger partial charge in [0.25, 0.3) is 0 Å². The lowest BCUT2D eigenvalue weighted by Gasteiger charge is -2.48. The van der Waals surface area contributed by atoms with E-state index >= 15 is 0 Å². The van der Waals surface area contributed by atoms with Crippen molar-refractivity contribution in [3.05, 3.63) is 16.7 Å². The zero-order chi connectivity index (χ0) is 24.0. The van der Waals surface area contributed by atoms with Gasteiger partial charge in [-0.05, 0) is 24.2 Å². The van der Waals surface area contributed by atoms with Crippen molar-refractivity contribution < 1.29 is 33.7 Å². The molecule has 7 heteroatoms. The Morgan fingerprint density at radius 3 is 2.16 bits per heavy atom. The van der Waals surface area contributed by atoms with Crippen LogP contribution in [0.3, 0.4) is 0 Å². The first-order valence-electron chi connectivity index (χ1n) is 11.2. The standard InChI is InChI=1S/C25H34O7/c1-13(2)19-22(32-15(4)27)20-16(21(23(19)30-7)31-14(3)26)12-25(29)10-8-9-24(5,6)18(25)11-17(20)28/h13,18,29H,8-12H2,1-7H3/t18-,25-/m0/s1. The third kappa shape index (κ3) is 4.15. The maximum absolute atomic E-state index is 13.7. The van der Waals surface area contributed by atoms with Crippen molar-refractivity contribution in [1.29, 1.82) is 0 Å². The lowest BCUT2D eigenvalue weighted by atomic mass is 9.59. The van der Waals surface area contributed by atoms with Crippen molar-refractivity contribution in [3.63, 3.8) is 0 Å². The molecule has 1 aromatic carbocycles. The molecule has 0 aromatic heterocycles. The van der Waals surface area contributed by atoms with Crippen LogP contribution < -0.4 is 14.2 Å². The fraction of sp³-hybridized carbons (Fsp3) is 0.640. The van der Waals surface area contributed by atoms with Crippen LogP contribution in [0.5, 0.6) is 17.2 Å². The number of hydrogen-bond donors (Lipinski definition) is 1. The van der Waals surface area contributed by atoms with E-state index in [1.807, 2.05) is 13.8 Å². The van der Waals surface area contributed by atoms with Gasteiger partial charge < -0.3 is 19.3 Å². The Hall–Kier alpha value is -2.41. The molecule has 1 saturated carbocycles. The second-order valence-corrected chi connectivity index (χ2v) is 10.1. The number of rotatable bonds is 4. The Balaban J connectivity index is 2.41. The summed E-state index contributed by atoms with van der Waals surface area (Å²) in [4.78, 5) is 37.8. The van der Waals surface area contributed by atoms with Crippen LogP contribution in [-0.4, -0.2) is 35.5 Å². The SMILES string of the molecule is COc1c(OC(C)=O)c2c(c(OC(C)=O)c1C(C)C)C(=O)C[C@H]1C(C)(C)CCC[C@]1(O)C2. The summed E-state index contributed by atoms with van der Waals surface area (Å²) < 4.78 is 16.9. The predicted octanol–water partition coefficient (Wildman–Crippen LogP) is 4.36. The molecule has 0 saturated heterocycles. The summed E-state index contributed by atoms with van der Waals surface area (Å²) in [5, 5.41) is 11.8. The average Bonchev–Trinajstić information content (AvgIpc) is 2.77. The maximum Gasteiger partial charge on any atom is 0.308 e. The Morgan fingerprint density at radius 1 is 1.03 bits per heavy atom. The number of carbonyl (C=O) groups excluding carboxylic acids is 3. The molecule has 0 heterocycles. The number of methoxy groups -OCH3 is 1. The van der Waals surface area contributed by atoms with Crippen molar-refractivity contribution in [3.8, 4) is 17.2 Å². The van der Waals surface area contributed by atoms with E-state index in [-0.39, 0.29) is 58.7 Å².